The van der Waals surface area contributed by atoms with Gasteiger partial charge in [0.05, 0.1) is 16.8 Å². The number of nitrogens with one attached hydrogen (secondary N) is 1. The molecule has 0 bridgehead atoms. The van der Waals surface area contributed by atoms with Crippen molar-refractivity contribution in [2.24, 2.45) is 0 Å². The van der Waals surface area contributed by atoms with Crippen molar-refractivity contribution in [2.75, 3.05) is 0 Å². The van der Waals surface area contributed by atoms with Crippen LogP contribution in [0, 0.1) is 19.7 Å². The van der Waals surface area contributed by atoms with Gasteiger partial charge in [-0.25, -0.2) is 9.37 Å². The van der Waals surface area contributed by atoms with Crippen molar-refractivity contribution in [3.05, 3.63) is 69.7 Å². The molecule has 0 saturated carbocycles. The number of hydrogen-bond donors (Lipinski definition) is 1. The fraction of sp³-hybridized carbons (Fsp3) is 0.263. The molecule has 0 unspecified atom stereocenters. The molecule has 0 fully saturated rings. The van der Waals surface area contributed by atoms with Crippen LogP contribution >= 0.6 is 11.3 Å². The number of amides is 1. The van der Waals surface area contributed by atoms with Crippen LogP contribution in [0.3, 0.4) is 0 Å². The molecule has 25 heavy (non-hydrogen) atoms. The average Bonchev–Trinajstić information content (AvgIpc) is 3.17. The summed E-state index contributed by atoms with van der Waals surface area (Å²) in [6.45, 7) is 7.52. The zero-order valence-corrected chi connectivity index (χ0v) is 15.4. The van der Waals surface area contributed by atoms with Gasteiger partial charge in [0.1, 0.15) is 10.8 Å². The van der Waals surface area contributed by atoms with Crippen LogP contribution in [-0.4, -0.2) is 15.5 Å². The predicted octanol–water partition coefficient (Wildman–Crippen LogP) is 4.35. The third-order valence-electron chi connectivity index (χ3n) is 4.16. The van der Waals surface area contributed by atoms with Crippen LogP contribution in [-0.2, 0) is 5.54 Å². The maximum atomic E-state index is 14.2. The molecule has 4 nitrogen and oxygen atoms in total. The lowest BCUT2D eigenvalue weighted by molar-refractivity contribution is 0.0911. The van der Waals surface area contributed by atoms with Gasteiger partial charge < -0.3 is 9.88 Å². The topological polar surface area (TPSA) is 46.9 Å². The number of thiazole rings is 1. The minimum Gasteiger partial charge on any atom is -0.341 e. The second-order valence-corrected chi connectivity index (χ2v) is 7.38. The Balaban J connectivity index is 1.95. The minimum absolute atomic E-state index is 0.198. The van der Waals surface area contributed by atoms with Gasteiger partial charge in [0.25, 0.3) is 5.91 Å². The molecule has 0 aliphatic carbocycles. The maximum Gasteiger partial charge on any atom is 0.253 e. The van der Waals surface area contributed by atoms with Gasteiger partial charge in [-0.05, 0) is 45.9 Å². The zero-order chi connectivity index (χ0) is 18.2. The Hall–Kier alpha value is -2.47. The molecule has 6 heteroatoms. The van der Waals surface area contributed by atoms with E-state index in [9.17, 15) is 9.18 Å². The Morgan fingerprint density at radius 1 is 1.28 bits per heavy atom. The van der Waals surface area contributed by atoms with Crippen molar-refractivity contribution in [3.63, 3.8) is 0 Å². The molecule has 1 aromatic carbocycles. The lowest BCUT2D eigenvalue weighted by atomic mass is 10.1. The van der Waals surface area contributed by atoms with Gasteiger partial charge in [0.2, 0.25) is 0 Å². The van der Waals surface area contributed by atoms with Crippen LogP contribution in [0.25, 0.3) is 5.69 Å². The number of aromatic nitrogens is 2. The van der Waals surface area contributed by atoms with E-state index >= 15 is 0 Å². The van der Waals surface area contributed by atoms with Gasteiger partial charge in [-0.1, -0.05) is 12.1 Å². The molecular formula is C19H20FN3OS. The fourth-order valence-corrected chi connectivity index (χ4v) is 3.65. The maximum absolute atomic E-state index is 14.2. The summed E-state index contributed by atoms with van der Waals surface area (Å²) in [6, 6.07) is 8.34. The van der Waals surface area contributed by atoms with Crippen molar-refractivity contribution in [3.8, 4) is 5.69 Å². The number of aryl methyl sites for hydroxylation is 1. The number of para-hydroxylation sites is 1. The van der Waals surface area contributed by atoms with Crippen LogP contribution < -0.4 is 5.32 Å². The first kappa shape index (κ1) is 17.4. The van der Waals surface area contributed by atoms with Crippen molar-refractivity contribution in [1.29, 1.82) is 0 Å². The van der Waals surface area contributed by atoms with Gasteiger partial charge >= 0.3 is 0 Å². The lowest BCUT2D eigenvalue weighted by Crippen LogP contribution is -2.41. The van der Waals surface area contributed by atoms with E-state index in [1.165, 1.54) is 17.4 Å². The highest BCUT2D eigenvalue weighted by atomic mass is 32.1. The van der Waals surface area contributed by atoms with E-state index in [0.29, 0.717) is 16.9 Å². The molecule has 0 aliphatic heterocycles. The number of halogens is 1. The molecule has 3 aromatic rings. The number of benzene rings is 1. The highest BCUT2D eigenvalue weighted by Gasteiger charge is 2.28. The first-order valence-electron chi connectivity index (χ1n) is 7.97. The largest absolute Gasteiger partial charge is 0.341 e. The molecular weight excluding hydrogens is 337 g/mol. The number of rotatable bonds is 4. The molecule has 3 rings (SSSR count). The van der Waals surface area contributed by atoms with Crippen LogP contribution in [0.15, 0.2) is 41.9 Å². The first-order valence-corrected chi connectivity index (χ1v) is 8.85. The molecule has 0 saturated heterocycles. The summed E-state index contributed by atoms with van der Waals surface area (Å²) in [4.78, 5) is 17.1. The molecule has 1 N–H and O–H groups in total. The highest BCUT2D eigenvalue weighted by Crippen LogP contribution is 2.26. The summed E-state index contributed by atoms with van der Waals surface area (Å²) in [5.41, 5.74) is 1.90. The summed E-state index contributed by atoms with van der Waals surface area (Å²) >= 11 is 1.50. The van der Waals surface area contributed by atoms with E-state index in [1.54, 1.807) is 35.0 Å². The number of hydrogen-bond acceptors (Lipinski definition) is 3. The van der Waals surface area contributed by atoms with E-state index in [1.807, 2.05) is 33.1 Å². The first-order chi connectivity index (χ1) is 11.8. The summed E-state index contributed by atoms with van der Waals surface area (Å²) < 4.78 is 15.9. The zero-order valence-electron chi connectivity index (χ0n) is 14.6. The van der Waals surface area contributed by atoms with Crippen LogP contribution in [0.5, 0.6) is 0 Å². The van der Waals surface area contributed by atoms with E-state index in [4.69, 9.17) is 0 Å². The van der Waals surface area contributed by atoms with Gasteiger partial charge in [-0.3, -0.25) is 4.79 Å². The molecule has 0 radical (unpaired) electrons. The molecule has 0 aliphatic rings. The molecule has 0 spiro atoms. The van der Waals surface area contributed by atoms with Crippen molar-refractivity contribution >= 4 is 17.2 Å². The third-order valence-corrected chi connectivity index (χ3v) is 5.26. The van der Waals surface area contributed by atoms with E-state index in [0.717, 1.165) is 10.7 Å². The van der Waals surface area contributed by atoms with Crippen molar-refractivity contribution in [2.45, 2.75) is 33.2 Å². The van der Waals surface area contributed by atoms with Crippen molar-refractivity contribution < 1.29 is 9.18 Å². The summed E-state index contributed by atoms with van der Waals surface area (Å²) in [5, 5.41) is 5.74. The highest BCUT2D eigenvalue weighted by molar-refractivity contribution is 7.09. The quantitative estimate of drug-likeness (QED) is 0.754. The Morgan fingerprint density at radius 2 is 2.00 bits per heavy atom. The SMILES string of the molecule is Cc1cc(C(=O)NC(C)(C)c2nccs2)c(C)n1-c1ccccc1F. The third kappa shape index (κ3) is 3.22. The molecule has 2 heterocycles. The molecule has 130 valence electrons. The second kappa shape index (κ2) is 6.44. The Kier molecular flexibility index (Phi) is 4.47. The summed E-state index contributed by atoms with van der Waals surface area (Å²) in [5.74, 6) is -0.518. The average molecular weight is 357 g/mol. The van der Waals surface area contributed by atoms with Gasteiger partial charge in [0, 0.05) is 23.0 Å². The predicted molar refractivity (Wildman–Crippen MR) is 97.8 cm³/mol. The molecule has 2 aromatic heterocycles. The Labute approximate surface area is 150 Å². The van der Waals surface area contributed by atoms with E-state index in [2.05, 4.69) is 10.3 Å². The van der Waals surface area contributed by atoms with Gasteiger partial charge in [-0.2, -0.15) is 0 Å². The lowest BCUT2D eigenvalue weighted by Gasteiger charge is -2.23. The van der Waals surface area contributed by atoms with Crippen molar-refractivity contribution in [1.82, 2.24) is 14.9 Å². The standard InChI is InChI=1S/C19H20FN3OS/c1-12-11-14(13(2)23(12)16-8-6-5-7-15(16)20)17(24)22-19(3,4)18-21-9-10-25-18/h5-11H,1-4H3,(H,22,24). The Bertz CT molecular complexity index is 913. The van der Waals surface area contributed by atoms with Gasteiger partial charge in [-0.15, -0.1) is 11.3 Å². The monoisotopic (exact) mass is 357 g/mol. The van der Waals surface area contributed by atoms with Gasteiger partial charge in [0.15, 0.2) is 0 Å². The van der Waals surface area contributed by atoms with Crippen LogP contribution in [0.1, 0.15) is 40.6 Å². The number of carbonyl (C=O) groups is 1. The number of nitrogens with zero attached hydrogens (tertiary/aromatic N) is 2. The Morgan fingerprint density at radius 3 is 2.64 bits per heavy atom. The normalized spacial score (nSPS) is 11.6. The van der Waals surface area contributed by atoms with Crippen LogP contribution in [0.2, 0.25) is 0 Å². The van der Waals surface area contributed by atoms with Crippen LogP contribution in [0.4, 0.5) is 4.39 Å². The minimum atomic E-state index is -0.578. The van der Waals surface area contributed by atoms with E-state index in [-0.39, 0.29) is 11.7 Å². The second-order valence-electron chi connectivity index (χ2n) is 6.49. The molecule has 0 atom stereocenters. The molecule has 1 amide bonds. The fourth-order valence-electron chi connectivity index (χ4n) is 2.93. The summed E-state index contributed by atoms with van der Waals surface area (Å²) in [6.07, 6.45) is 1.72. The van der Waals surface area contributed by atoms with E-state index < -0.39 is 5.54 Å². The smallest absolute Gasteiger partial charge is 0.253 e. The number of carbonyl (C=O) groups excluding carboxylic acids is 1. The summed E-state index contributed by atoms with van der Waals surface area (Å²) in [7, 11) is 0.